The van der Waals surface area contributed by atoms with E-state index in [-0.39, 0.29) is 18.6 Å². The van der Waals surface area contributed by atoms with E-state index < -0.39 is 0 Å². The van der Waals surface area contributed by atoms with Gasteiger partial charge >= 0.3 is 0 Å². The summed E-state index contributed by atoms with van der Waals surface area (Å²) in [5.41, 5.74) is 0. The third-order valence-corrected chi connectivity index (χ3v) is 4.18. The largest absolute Gasteiger partial charge is 0.394 e. The molecule has 1 saturated heterocycles. The number of aliphatic hydroxyl groups is 1. The molecule has 2 heterocycles. The van der Waals surface area contributed by atoms with Crippen molar-refractivity contribution < 1.29 is 14.6 Å². The van der Waals surface area contributed by atoms with Gasteiger partial charge < -0.3 is 14.7 Å². The Morgan fingerprint density at radius 2 is 2.22 bits per heavy atom. The fourth-order valence-electron chi connectivity index (χ4n) is 2.03. The number of ether oxygens (including phenoxy) is 1. The third-order valence-electron chi connectivity index (χ3n) is 2.96. The first kappa shape index (κ1) is 13.8. The lowest BCUT2D eigenvalue weighted by Gasteiger charge is -2.31. The summed E-state index contributed by atoms with van der Waals surface area (Å²) in [6, 6.07) is 3.51. The number of halogens is 1. The van der Waals surface area contributed by atoms with E-state index in [1.165, 1.54) is 11.3 Å². The molecular weight excluding hydrogens is 274 g/mol. The zero-order chi connectivity index (χ0) is 13.0. The minimum absolute atomic E-state index is 0.0485. The van der Waals surface area contributed by atoms with Crippen molar-refractivity contribution in [1.29, 1.82) is 0 Å². The summed E-state index contributed by atoms with van der Waals surface area (Å²) < 4.78 is 6.10. The molecule has 100 valence electrons. The first-order chi connectivity index (χ1) is 8.70. The van der Waals surface area contributed by atoms with Crippen LogP contribution in [0.15, 0.2) is 12.1 Å². The maximum Gasteiger partial charge on any atom is 0.263 e. The maximum absolute atomic E-state index is 12.1. The molecule has 0 spiro atoms. The zero-order valence-electron chi connectivity index (χ0n) is 9.97. The molecule has 4 nitrogen and oxygen atoms in total. The summed E-state index contributed by atoms with van der Waals surface area (Å²) in [6.07, 6.45) is 1.81. The van der Waals surface area contributed by atoms with Crippen molar-refractivity contribution in [3.05, 3.63) is 21.3 Å². The van der Waals surface area contributed by atoms with Crippen LogP contribution < -0.4 is 0 Å². The Morgan fingerprint density at radius 3 is 2.78 bits per heavy atom. The number of hydrogen-bond acceptors (Lipinski definition) is 4. The molecule has 0 atom stereocenters. The van der Waals surface area contributed by atoms with E-state index >= 15 is 0 Å². The Morgan fingerprint density at radius 1 is 1.50 bits per heavy atom. The number of thiophene rings is 1. The Hall–Kier alpha value is -0.620. The van der Waals surface area contributed by atoms with Crippen molar-refractivity contribution in [3.63, 3.8) is 0 Å². The van der Waals surface area contributed by atoms with Crippen LogP contribution in [0.4, 0.5) is 0 Å². The van der Waals surface area contributed by atoms with Crippen molar-refractivity contribution in [1.82, 2.24) is 4.90 Å². The predicted molar refractivity (Wildman–Crippen MR) is 71.3 cm³/mol. The van der Waals surface area contributed by atoms with Gasteiger partial charge in [0.1, 0.15) is 0 Å². The Balaban J connectivity index is 1.84. The SMILES string of the molecule is O=C(c1ccc(Cl)s1)N1CCC(OCCO)CC1. The van der Waals surface area contributed by atoms with Crippen molar-refractivity contribution in [3.8, 4) is 0 Å². The van der Waals surface area contributed by atoms with Gasteiger partial charge in [-0.25, -0.2) is 0 Å². The molecule has 6 heteroatoms. The lowest BCUT2D eigenvalue weighted by atomic mass is 10.1. The number of carbonyl (C=O) groups excluding carboxylic acids is 1. The van der Waals surface area contributed by atoms with E-state index in [1.54, 1.807) is 12.1 Å². The highest BCUT2D eigenvalue weighted by atomic mass is 35.5. The standard InChI is InChI=1S/C12H16ClNO3S/c13-11-2-1-10(18-11)12(16)14-5-3-9(4-6-14)17-8-7-15/h1-2,9,15H,3-8H2. The molecule has 1 aromatic rings. The van der Waals surface area contributed by atoms with Crippen LogP contribution in [0.2, 0.25) is 4.34 Å². The van der Waals surface area contributed by atoms with Gasteiger partial charge in [-0.05, 0) is 25.0 Å². The van der Waals surface area contributed by atoms with E-state index in [0.717, 1.165) is 12.8 Å². The van der Waals surface area contributed by atoms with Crippen molar-refractivity contribution >= 4 is 28.8 Å². The molecule has 0 saturated carbocycles. The molecule has 1 fully saturated rings. The molecular formula is C12H16ClNO3S. The number of likely N-dealkylation sites (tertiary alicyclic amines) is 1. The number of carbonyl (C=O) groups is 1. The molecule has 0 radical (unpaired) electrons. The Bertz CT molecular complexity index is 402. The average Bonchev–Trinajstić information content (AvgIpc) is 2.83. The molecule has 1 aliphatic rings. The zero-order valence-corrected chi connectivity index (χ0v) is 11.5. The second kappa shape index (κ2) is 6.52. The quantitative estimate of drug-likeness (QED) is 0.922. The number of hydrogen-bond donors (Lipinski definition) is 1. The molecule has 0 bridgehead atoms. The molecule has 1 amide bonds. The van der Waals surface area contributed by atoms with E-state index in [4.69, 9.17) is 21.4 Å². The fourth-order valence-corrected chi connectivity index (χ4v) is 3.04. The molecule has 18 heavy (non-hydrogen) atoms. The molecule has 0 aliphatic carbocycles. The monoisotopic (exact) mass is 289 g/mol. The summed E-state index contributed by atoms with van der Waals surface area (Å²) in [5.74, 6) is 0.0486. The van der Waals surface area contributed by atoms with E-state index in [2.05, 4.69) is 0 Å². The third kappa shape index (κ3) is 3.45. The van der Waals surface area contributed by atoms with Gasteiger partial charge in [-0.15, -0.1) is 11.3 Å². The minimum Gasteiger partial charge on any atom is -0.394 e. The maximum atomic E-state index is 12.1. The van der Waals surface area contributed by atoms with Gasteiger partial charge in [0.15, 0.2) is 0 Å². The fraction of sp³-hybridized carbons (Fsp3) is 0.583. The smallest absolute Gasteiger partial charge is 0.263 e. The first-order valence-electron chi connectivity index (χ1n) is 5.98. The van der Waals surface area contributed by atoms with Gasteiger partial charge in [0, 0.05) is 13.1 Å². The highest BCUT2D eigenvalue weighted by Crippen LogP contribution is 2.24. The topological polar surface area (TPSA) is 49.8 Å². The molecule has 0 unspecified atom stereocenters. The van der Waals surface area contributed by atoms with Gasteiger partial charge in [0.2, 0.25) is 0 Å². The van der Waals surface area contributed by atoms with Crippen LogP contribution in [0.3, 0.4) is 0 Å². The van der Waals surface area contributed by atoms with Crippen LogP contribution in [0, 0.1) is 0 Å². The molecule has 0 aromatic carbocycles. The summed E-state index contributed by atoms with van der Waals surface area (Å²) in [6.45, 7) is 1.82. The van der Waals surface area contributed by atoms with Crippen LogP contribution >= 0.6 is 22.9 Å². The Kier molecular flexibility index (Phi) is 5.00. The van der Waals surface area contributed by atoms with Crippen molar-refractivity contribution in [2.75, 3.05) is 26.3 Å². The summed E-state index contributed by atoms with van der Waals surface area (Å²) >= 11 is 7.14. The van der Waals surface area contributed by atoms with Crippen LogP contribution in [-0.4, -0.2) is 48.3 Å². The molecule has 2 rings (SSSR count). The second-order valence-electron chi connectivity index (χ2n) is 4.19. The van der Waals surface area contributed by atoms with E-state index in [1.807, 2.05) is 4.90 Å². The van der Waals surface area contributed by atoms with Crippen molar-refractivity contribution in [2.45, 2.75) is 18.9 Å². The lowest BCUT2D eigenvalue weighted by Crippen LogP contribution is -2.40. The lowest BCUT2D eigenvalue weighted by molar-refractivity contribution is -0.00545. The summed E-state index contributed by atoms with van der Waals surface area (Å²) in [5, 5.41) is 8.69. The van der Waals surface area contributed by atoms with Crippen LogP contribution in [0.25, 0.3) is 0 Å². The van der Waals surface area contributed by atoms with Gasteiger partial charge in [0.05, 0.1) is 28.5 Å². The first-order valence-corrected chi connectivity index (χ1v) is 7.17. The van der Waals surface area contributed by atoms with Crippen molar-refractivity contribution in [2.24, 2.45) is 0 Å². The molecule has 1 N–H and O–H groups in total. The normalized spacial score (nSPS) is 17.1. The number of rotatable bonds is 4. The second-order valence-corrected chi connectivity index (χ2v) is 5.90. The van der Waals surface area contributed by atoms with Gasteiger partial charge in [-0.2, -0.15) is 0 Å². The highest BCUT2D eigenvalue weighted by molar-refractivity contribution is 7.17. The van der Waals surface area contributed by atoms with Gasteiger partial charge in [-0.3, -0.25) is 4.79 Å². The number of nitrogens with zero attached hydrogens (tertiary/aromatic N) is 1. The van der Waals surface area contributed by atoms with E-state index in [9.17, 15) is 4.79 Å². The number of amides is 1. The van der Waals surface area contributed by atoms with Crippen LogP contribution in [-0.2, 0) is 4.74 Å². The van der Waals surface area contributed by atoms with Gasteiger partial charge in [0.25, 0.3) is 5.91 Å². The minimum atomic E-state index is 0.0485. The summed E-state index contributed by atoms with van der Waals surface area (Å²) in [7, 11) is 0. The molecule has 1 aromatic heterocycles. The number of aliphatic hydroxyl groups excluding tert-OH is 1. The van der Waals surface area contributed by atoms with E-state index in [0.29, 0.717) is 28.9 Å². The van der Waals surface area contributed by atoms with Crippen LogP contribution in [0.5, 0.6) is 0 Å². The summed E-state index contributed by atoms with van der Waals surface area (Å²) in [4.78, 5) is 14.7. The van der Waals surface area contributed by atoms with Crippen LogP contribution in [0.1, 0.15) is 22.5 Å². The Labute approximate surface area is 115 Å². The molecule has 1 aliphatic heterocycles. The predicted octanol–water partition coefficient (Wildman–Crippen LogP) is 2.02. The van der Waals surface area contributed by atoms with Gasteiger partial charge in [-0.1, -0.05) is 11.6 Å². The highest BCUT2D eigenvalue weighted by Gasteiger charge is 2.24. The average molecular weight is 290 g/mol. The number of piperidine rings is 1.